The van der Waals surface area contributed by atoms with Gasteiger partial charge >= 0.3 is 5.97 Å². The van der Waals surface area contributed by atoms with E-state index in [2.05, 4.69) is 15.1 Å². The molecule has 0 aliphatic carbocycles. The van der Waals surface area contributed by atoms with Gasteiger partial charge in [0.15, 0.2) is 11.3 Å². The van der Waals surface area contributed by atoms with Crippen LogP contribution in [-0.4, -0.2) is 30.7 Å². The maximum absolute atomic E-state index is 12.6. The van der Waals surface area contributed by atoms with E-state index in [1.165, 1.54) is 4.52 Å². The molecule has 0 aromatic carbocycles. The average molecular weight is 300 g/mol. The van der Waals surface area contributed by atoms with Crippen molar-refractivity contribution >= 4 is 22.6 Å². The van der Waals surface area contributed by atoms with Gasteiger partial charge in [0.2, 0.25) is 0 Å². The Bertz CT molecular complexity index is 968. The third kappa shape index (κ3) is 2.14. The highest BCUT2D eigenvalue weighted by Crippen LogP contribution is 2.21. The number of aryl methyl sites for hydroxylation is 3. The molecule has 2 N–H and O–H groups in total. The fourth-order valence-corrected chi connectivity index (χ4v) is 2.76. The van der Waals surface area contributed by atoms with Crippen molar-refractivity contribution in [3.05, 3.63) is 38.9 Å². The third-order valence-corrected chi connectivity index (χ3v) is 3.76. The summed E-state index contributed by atoms with van der Waals surface area (Å²) in [6, 6.07) is 1.94. The van der Waals surface area contributed by atoms with Crippen LogP contribution in [0.4, 0.5) is 0 Å². The van der Waals surface area contributed by atoms with Gasteiger partial charge in [-0.25, -0.2) is 9.97 Å². The number of hydrogen-bond donors (Lipinski definition) is 2. The molecule has 0 fully saturated rings. The molecule has 22 heavy (non-hydrogen) atoms. The lowest BCUT2D eigenvalue weighted by Crippen LogP contribution is -2.22. The predicted octanol–water partition coefficient (Wildman–Crippen LogP) is 1.51. The zero-order valence-electron chi connectivity index (χ0n) is 12.6. The van der Waals surface area contributed by atoms with Crippen LogP contribution in [0, 0.1) is 20.8 Å². The first kappa shape index (κ1) is 14.2. The number of aromatic nitrogens is 4. The second kappa shape index (κ2) is 4.94. The summed E-state index contributed by atoms with van der Waals surface area (Å²) in [5.74, 6) is -0.936. The van der Waals surface area contributed by atoms with Gasteiger partial charge < -0.3 is 5.11 Å². The number of hydrogen-bond acceptors (Lipinski definition) is 4. The van der Waals surface area contributed by atoms with Crippen LogP contribution in [-0.2, 0) is 11.2 Å². The first-order chi connectivity index (χ1) is 10.4. The lowest BCUT2D eigenvalue weighted by molar-refractivity contribution is -0.136. The number of carboxylic acid groups (broad SMARTS) is 1. The van der Waals surface area contributed by atoms with Gasteiger partial charge in [0.05, 0.1) is 5.39 Å². The first-order valence-corrected chi connectivity index (χ1v) is 6.98. The lowest BCUT2D eigenvalue weighted by Gasteiger charge is -2.04. The van der Waals surface area contributed by atoms with Gasteiger partial charge in [0.1, 0.15) is 0 Å². The Morgan fingerprint density at radius 1 is 1.32 bits per heavy atom. The van der Waals surface area contributed by atoms with Crippen LogP contribution in [0.1, 0.15) is 28.9 Å². The van der Waals surface area contributed by atoms with Crippen LogP contribution in [0.2, 0.25) is 0 Å². The van der Waals surface area contributed by atoms with Crippen molar-refractivity contribution < 1.29 is 9.90 Å². The van der Waals surface area contributed by atoms with Crippen LogP contribution in [0.25, 0.3) is 16.7 Å². The summed E-state index contributed by atoms with van der Waals surface area (Å²) in [6.07, 6.45) is 0.0667. The van der Waals surface area contributed by atoms with Gasteiger partial charge in [-0.05, 0) is 38.8 Å². The van der Waals surface area contributed by atoms with E-state index in [1.54, 1.807) is 6.92 Å². The number of aromatic amines is 1. The normalized spacial score (nSPS) is 11.4. The molecule has 114 valence electrons. The molecule has 0 aliphatic heterocycles. The van der Waals surface area contributed by atoms with Crippen molar-refractivity contribution in [3.63, 3.8) is 0 Å². The fraction of sp³-hybridized carbons (Fsp3) is 0.333. The summed E-state index contributed by atoms with van der Waals surface area (Å²) in [6.45, 7) is 5.57. The van der Waals surface area contributed by atoms with E-state index < -0.39 is 5.97 Å². The van der Waals surface area contributed by atoms with Crippen molar-refractivity contribution in [1.29, 1.82) is 0 Å². The van der Waals surface area contributed by atoms with E-state index in [4.69, 9.17) is 5.11 Å². The SMILES string of the molecule is Cc1cc(C)c2c(n1)[nH]n1c(=O)c(CCC(=O)O)c(C)nc21. The highest BCUT2D eigenvalue weighted by atomic mass is 16.4. The molecule has 3 aromatic rings. The Balaban J connectivity index is 2.32. The Morgan fingerprint density at radius 2 is 2.05 bits per heavy atom. The highest BCUT2D eigenvalue weighted by molar-refractivity contribution is 5.92. The van der Waals surface area contributed by atoms with E-state index in [-0.39, 0.29) is 18.4 Å². The van der Waals surface area contributed by atoms with Crippen molar-refractivity contribution in [2.75, 3.05) is 0 Å². The lowest BCUT2D eigenvalue weighted by atomic mass is 10.1. The van der Waals surface area contributed by atoms with Crippen LogP contribution in [0.15, 0.2) is 10.9 Å². The number of carboxylic acids is 1. The molecule has 0 amide bonds. The molecule has 7 nitrogen and oxygen atoms in total. The molecule has 0 atom stereocenters. The molecule has 0 bridgehead atoms. The van der Waals surface area contributed by atoms with Gasteiger partial charge in [0, 0.05) is 23.4 Å². The van der Waals surface area contributed by atoms with Gasteiger partial charge in [-0.2, -0.15) is 4.52 Å². The summed E-state index contributed by atoms with van der Waals surface area (Å²) in [7, 11) is 0. The minimum Gasteiger partial charge on any atom is -0.481 e. The zero-order valence-corrected chi connectivity index (χ0v) is 12.6. The molecule has 0 unspecified atom stereocenters. The van der Waals surface area contributed by atoms with E-state index in [1.807, 2.05) is 19.9 Å². The van der Waals surface area contributed by atoms with E-state index >= 15 is 0 Å². The van der Waals surface area contributed by atoms with Crippen molar-refractivity contribution in [1.82, 2.24) is 19.6 Å². The van der Waals surface area contributed by atoms with Gasteiger partial charge in [-0.15, -0.1) is 0 Å². The van der Waals surface area contributed by atoms with Crippen LogP contribution in [0.3, 0.4) is 0 Å². The number of pyridine rings is 1. The first-order valence-electron chi connectivity index (χ1n) is 6.98. The molecule has 3 rings (SSSR count). The third-order valence-electron chi connectivity index (χ3n) is 3.76. The Morgan fingerprint density at radius 3 is 2.73 bits per heavy atom. The smallest absolute Gasteiger partial charge is 0.303 e. The Hall–Kier alpha value is -2.70. The quantitative estimate of drug-likeness (QED) is 0.763. The van der Waals surface area contributed by atoms with E-state index in [0.29, 0.717) is 22.6 Å². The predicted molar refractivity (Wildman–Crippen MR) is 81.3 cm³/mol. The maximum Gasteiger partial charge on any atom is 0.303 e. The molecule has 3 heterocycles. The molecule has 0 spiro atoms. The summed E-state index contributed by atoms with van der Waals surface area (Å²) < 4.78 is 1.36. The Kier molecular flexibility index (Phi) is 3.20. The van der Waals surface area contributed by atoms with Crippen molar-refractivity contribution in [2.45, 2.75) is 33.6 Å². The number of rotatable bonds is 3. The van der Waals surface area contributed by atoms with Gasteiger partial charge in [0.25, 0.3) is 5.56 Å². The minimum absolute atomic E-state index is 0.0968. The largest absolute Gasteiger partial charge is 0.481 e. The average Bonchev–Trinajstić information content (AvgIpc) is 2.76. The summed E-state index contributed by atoms with van der Waals surface area (Å²) in [5.41, 5.74) is 3.70. The number of H-pyrrole nitrogens is 1. The zero-order chi connectivity index (χ0) is 16.0. The van der Waals surface area contributed by atoms with E-state index in [9.17, 15) is 9.59 Å². The van der Waals surface area contributed by atoms with Gasteiger partial charge in [-0.3, -0.25) is 14.7 Å². The highest BCUT2D eigenvalue weighted by Gasteiger charge is 2.16. The minimum atomic E-state index is -0.936. The molecule has 0 radical (unpaired) electrons. The second-order valence-corrected chi connectivity index (χ2v) is 5.45. The molecule has 0 aliphatic rings. The Labute approximate surface area is 125 Å². The summed E-state index contributed by atoms with van der Waals surface area (Å²) in [4.78, 5) is 32.2. The number of nitrogens with zero attached hydrogens (tertiary/aromatic N) is 3. The number of nitrogens with one attached hydrogen (secondary N) is 1. The molecule has 0 saturated carbocycles. The molecular formula is C15H16N4O3. The van der Waals surface area contributed by atoms with Crippen LogP contribution < -0.4 is 5.56 Å². The summed E-state index contributed by atoms with van der Waals surface area (Å²) in [5, 5.41) is 12.6. The summed E-state index contributed by atoms with van der Waals surface area (Å²) >= 11 is 0. The monoisotopic (exact) mass is 300 g/mol. The van der Waals surface area contributed by atoms with E-state index in [0.717, 1.165) is 16.6 Å². The topological polar surface area (TPSA) is 100 Å². The number of aliphatic carboxylic acids is 1. The number of fused-ring (bicyclic) bond motifs is 3. The fourth-order valence-electron chi connectivity index (χ4n) is 2.76. The van der Waals surface area contributed by atoms with Gasteiger partial charge in [-0.1, -0.05) is 0 Å². The van der Waals surface area contributed by atoms with Crippen molar-refractivity contribution in [2.24, 2.45) is 0 Å². The molecule has 3 aromatic heterocycles. The second-order valence-electron chi connectivity index (χ2n) is 5.45. The standard InChI is InChI=1S/C15H16N4O3/c1-7-6-8(2)16-13-12(7)14-17-9(3)10(4-5-11(20)21)15(22)19(14)18-13/h6H,4-5H2,1-3H3,(H,16,18)(H,20,21). The number of carbonyl (C=O) groups is 1. The van der Waals surface area contributed by atoms with Crippen LogP contribution >= 0.6 is 0 Å². The van der Waals surface area contributed by atoms with Crippen LogP contribution in [0.5, 0.6) is 0 Å². The molecule has 0 saturated heterocycles. The molecular weight excluding hydrogens is 284 g/mol. The maximum atomic E-state index is 12.6. The molecule has 7 heteroatoms. The van der Waals surface area contributed by atoms with Crippen molar-refractivity contribution in [3.8, 4) is 0 Å².